The predicted octanol–water partition coefficient (Wildman–Crippen LogP) is 6.14. The van der Waals surface area contributed by atoms with Crippen LogP contribution < -0.4 is 18.9 Å². The molecule has 0 aromatic heterocycles. The highest BCUT2D eigenvalue weighted by Gasteiger charge is 2.18. The Morgan fingerprint density at radius 1 is 0.625 bits per heavy atom. The average Bonchev–Trinajstić information content (AvgIpc) is 2.90. The second kappa shape index (κ2) is 12.5. The number of hydrogen-bond acceptors (Lipinski definition) is 8. The van der Waals surface area contributed by atoms with Crippen molar-refractivity contribution in [1.29, 1.82) is 0 Å². The van der Waals surface area contributed by atoms with E-state index in [9.17, 15) is 19.2 Å². The molecule has 0 bridgehead atoms. The van der Waals surface area contributed by atoms with E-state index < -0.39 is 23.7 Å². The third-order valence-electron chi connectivity index (χ3n) is 5.33. The molecule has 9 heteroatoms. The summed E-state index contributed by atoms with van der Waals surface area (Å²) in [7, 11) is 0. The molecule has 3 rings (SSSR count). The first-order valence-corrected chi connectivity index (χ1v) is 11.7. The summed E-state index contributed by atoms with van der Waals surface area (Å²) < 4.78 is 36.1. The van der Waals surface area contributed by atoms with Gasteiger partial charge in [0, 0.05) is 22.3 Å². The van der Waals surface area contributed by atoms with Crippen LogP contribution >= 0.6 is 0 Å². The Labute approximate surface area is 229 Å². The Balaban J connectivity index is 1.99. The molecule has 3 aromatic rings. The molecule has 0 unspecified atom stereocenters. The lowest BCUT2D eigenvalue weighted by Gasteiger charge is -2.14. The maximum absolute atomic E-state index is 15.4. The minimum absolute atomic E-state index is 0.00906. The molecule has 0 amide bonds. The highest BCUT2D eigenvalue weighted by molar-refractivity contribution is 5.92. The number of ether oxygens (including phenoxy) is 4. The van der Waals surface area contributed by atoms with Crippen molar-refractivity contribution in [1.82, 2.24) is 0 Å². The Bertz CT molecular complexity index is 1570. The molecule has 8 nitrogen and oxygen atoms in total. The van der Waals surface area contributed by atoms with E-state index in [-0.39, 0.29) is 51.8 Å². The number of esters is 3. The molecule has 0 radical (unpaired) electrons. The molecule has 0 heterocycles. The summed E-state index contributed by atoms with van der Waals surface area (Å²) in [6.45, 7) is 15.1. The Morgan fingerprint density at radius 3 is 1.55 bits per heavy atom. The van der Waals surface area contributed by atoms with Crippen molar-refractivity contribution in [3.8, 4) is 45.3 Å². The van der Waals surface area contributed by atoms with Crippen molar-refractivity contribution in [3.63, 3.8) is 0 Å². The van der Waals surface area contributed by atoms with Crippen LogP contribution in [0, 0.1) is 5.82 Å². The van der Waals surface area contributed by atoms with Gasteiger partial charge in [-0.25, -0.2) is 18.8 Å². The van der Waals surface area contributed by atoms with E-state index in [1.165, 1.54) is 63.2 Å². The zero-order chi connectivity index (χ0) is 29.6. The van der Waals surface area contributed by atoms with Gasteiger partial charge in [0.1, 0.15) is 5.82 Å². The SMILES string of the molecule is C=C(C)C(=O)Oc1ccc(-c2ccc(-c3ccc(OC(=O)C(=C)C)c(OC(=O)C(=C)C)c3)c(F)c2)cc1OC=O. The van der Waals surface area contributed by atoms with Crippen LogP contribution in [0.25, 0.3) is 22.3 Å². The Kier molecular flexibility index (Phi) is 9.13. The van der Waals surface area contributed by atoms with Crippen LogP contribution in [-0.4, -0.2) is 24.4 Å². The van der Waals surface area contributed by atoms with Crippen LogP contribution in [0.15, 0.2) is 91.1 Å². The van der Waals surface area contributed by atoms with Gasteiger partial charge in [0.15, 0.2) is 23.0 Å². The van der Waals surface area contributed by atoms with Crippen LogP contribution in [0.3, 0.4) is 0 Å². The Hall–Kier alpha value is -5.31. The summed E-state index contributed by atoms with van der Waals surface area (Å²) in [4.78, 5) is 47.1. The minimum atomic E-state index is -0.758. The quantitative estimate of drug-likeness (QED) is 0.130. The molecule has 3 aromatic carbocycles. The van der Waals surface area contributed by atoms with Crippen LogP contribution in [0.5, 0.6) is 23.0 Å². The van der Waals surface area contributed by atoms with Gasteiger partial charge in [0.05, 0.1) is 0 Å². The zero-order valence-corrected chi connectivity index (χ0v) is 22.0. The van der Waals surface area contributed by atoms with Crippen molar-refractivity contribution >= 4 is 24.4 Å². The molecule has 0 atom stereocenters. The lowest BCUT2D eigenvalue weighted by Crippen LogP contribution is -2.12. The number of carbonyl (C=O) groups is 4. The number of benzene rings is 3. The van der Waals surface area contributed by atoms with Crippen LogP contribution in [-0.2, 0) is 19.2 Å². The first-order chi connectivity index (χ1) is 18.9. The molecule has 0 N–H and O–H groups in total. The molecular weight excluding hydrogens is 519 g/mol. The van der Waals surface area contributed by atoms with Crippen LogP contribution in [0.2, 0.25) is 0 Å². The van der Waals surface area contributed by atoms with E-state index in [1.54, 1.807) is 12.1 Å². The van der Waals surface area contributed by atoms with Crippen LogP contribution in [0.1, 0.15) is 20.8 Å². The second-order valence-electron chi connectivity index (χ2n) is 8.74. The zero-order valence-electron chi connectivity index (χ0n) is 22.0. The van der Waals surface area contributed by atoms with Gasteiger partial charge in [-0.2, -0.15) is 0 Å². The van der Waals surface area contributed by atoms with Crippen molar-refractivity contribution in [3.05, 3.63) is 96.9 Å². The van der Waals surface area contributed by atoms with Crippen molar-refractivity contribution in [2.45, 2.75) is 20.8 Å². The summed E-state index contributed by atoms with van der Waals surface area (Å²) in [5.41, 5.74) is 1.77. The maximum atomic E-state index is 15.4. The number of hydrogen-bond donors (Lipinski definition) is 0. The maximum Gasteiger partial charge on any atom is 0.338 e. The van der Waals surface area contributed by atoms with Gasteiger partial charge in [-0.05, 0) is 67.8 Å². The first kappa shape index (κ1) is 29.2. The fourth-order valence-corrected chi connectivity index (χ4v) is 3.25. The van der Waals surface area contributed by atoms with E-state index in [4.69, 9.17) is 18.9 Å². The van der Waals surface area contributed by atoms with Crippen molar-refractivity contribution < 1.29 is 42.5 Å². The van der Waals surface area contributed by atoms with Gasteiger partial charge in [-0.1, -0.05) is 44.0 Å². The molecule has 0 saturated carbocycles. The standard InChI is InChI=1S/C31H25FO8/c1-17(2)29(34)38-25-11-8-21(14-27(25)37-16-33)20-7-10-23(24(32)13-20)22-9-12-26(39-30(35)18(3)4)28(15-22)40-31(36)19(5)6/h7-16H,1,3,5H2,2,4,6H3. The van der Waals surface area contributed by atoms with Gasteiger partial charge in [0.2, 0.25) is 0 Å². The van der Waals surface area contributed by atoms with E-state index >= 15 is 4.39 Å². The van der Waals surface area contributed by atoms with Gasteiger partial charge >= 0.3 is 17.9 Å². The second-order valence-corrected chi connectivity index (χ2v) is 8.74. The predicted molar refractivity (Wildman–Crippen MR) is 145 cm³/mol. The highest BCUT2D eigenvalue weighted by atomic mass is 19.1. The van der Waals surface area contributed by atoms with Gasteiger partial charge < -0.3 is 18.9 Å². The fraction of sp³-hybridized carbons (Fsp3) is 0.0968. The molecule has 0 aliphatic carbocycles. The number of rotatable bonds is 10. The van der Waals surface area contributed by atoms with Crippen molar-refractivity contribution in [2.24, 2.45) is 0 Å². The number of halogens is 1. The summed E-state index contributed by atoms with van der Waals surface area (Å²) in [6.07, 6.45) is 0. The van der Waals surface area contributed by atoms with Gasteiger partial charge in [-0.3, -0.25) is 4.79 Å². The molecule has 0 fully saturated rings. The topological polar surface area (TPSA) is 105 Å². The lowest BCUT2D eigenvalue weighted by molar-refractivity contribution is -0.132. The molecule has 0 aliphatic heterocycles. The van der Waals surface area contributed by atoms with E-state index in [1.807, 2.05) is 0 Å². The van der Waals surface area contributed by atoms with Gasteiger partial charge in [0.25, 0.3) is 6.47 Å². The van der Waals surface area contributed by atoms with Crippen LogP contribution in [0.4, 0.5) is 4.39 Å². The van der Waals surface area contributed by atoms with E-state index in [2.05, 4.69) is 19.7 Å². The minimum Gasteiger partial charge on any atom is -0.425 e. The Morgan fingerprint density at radius 2 is 1.05 bits per heavy atom. The summed E-state index contributed by atoms with van der Waals surface area (Å²) in [5, 5.41) is 0. The van der Waals surface area contributed by atoms with Crippen molar-refractivity contribution in [2.75, 3.05) is 0 Å². The number of carbonyl (C=O) groups excluding carboxylic acids is 4. The smallest absolute Gasteiger partial charge is 0.338 e. The molecule has 0 aliphatic rings. The van der Waals surface area contributed by atoms with E-state index in [0.29, 0.717) is 16.7 Å². The van der Waals surface area contributed by atoms with Gasteiger partial charge in [-0.15, -0.1) is 0 Å². The first-order valence-electron chi connectivity index (χ1n) is 11.7. The largest absolute Gasteiger partial charge is 0.425 e. The highest BCUT2D eigenvalue weighted by Crippen LogP contribution is 2.37. The molecular formula is C31H25FO8. The normalized spacial score (nSPS) is 10.2. The molecule has 0 saturated heterocycles. The monoisotopic (exact) mass is 544 g/mol. The lowest BCUT2D eigenvalue weighted by atomic mass is 9.99. The molecule has 0 spiro atoms. The van der Waals surface area contributed by atoms with E-state index in [0.717, 1.165) is 0 Å². The summed E-state index contributed by atoms with van der Waals surface area (Å²) >= 11 is 0. The summed E-state index contributed by atoms with van der Waals surface area (Å²) in [5.74, 6) is -3.04. The molecule has 40 heavy (non-hydrogen) atoms. The third kappa shape index (κ3) is 6.96. The molecule has 204 valence electrons. The summed E-state index contributed by atoms with van der Waals surface area (Å²) in [6, 6.07) is 13.0. The fourth-order valence-electron chi connectivity index (χ4n) is 3.25. The third-order valence-corrected chi connectivity index (χ3v) is 5.33. The average molecular weight is 545 g/mol.